The summed E-state index contributed by atoms with van der Waals surface area (Å²) in [5.41, 5.74) is 1.59. The van der Waals surface area contributed by atoms with Crippen molar-refractivity contribution in [2.75, 3.05) is 5.32 Å². The van der Waals surface area contributed by atoms with Gasteiger partial charge < -0.3 is 5.32 Å². The van der Waals surface area contributed by atoms with E-state index in [1.807, 2.05) is 29.6 Å². The van der Waals surface area contributed by atoms with Gasteiger partial charge in [0.15, 0.2) is 0 Å². The first-order chi connectivity index (χ1) is 12.0. The number of hydrogen-bond acceptors (Lipinski definition) is 6. The minimum Gasteiger partial charge on any atom is -0.300 e. The molecule has 2 heterocycles. The summed E-state index contributed by atoms with van der Waals surface area (Å²) in [5, 5.41) is 15.7. The zero-order chi connectivity index (χ0) is 17.8. The molecule has 130 valence electrons. The third kappa shape index (κ3) is 4.84. The van der Waals surface area contributed by atoms with E-state index in [-0.39, 0.29) is 12.3 Å². The second-order valence-electron chi connectivity index (χ2n) is 5.95. The first-order valence-corrected chi connectivity index (χ1v) is 9.90. The molecule has 0 unspecified atom stereocenters. The summed E-state index contributed by atoms with van der Waals surface area (Å²) in [6.07, 6.45) is 1.06. The Hall–Kier alpha value is -1.83. The average Bonchev–Trinajstić information content (AvgIpc) is 3.17. The van der Waals surface area contributed by atoms with Crippen molar-refractivity contribution < 1.29 is 4.79 Å². The van der Waals surface area contributed by atoms with E-state index in [0.717, 1.165) is 22.0 Å². The van der Waals surface area contributed by atoms with Crippen molar-refractivity contribution in [3.8, 4) is 10.6 Å². The Balaban J connectivity index is 1.62. The van der Waals surface area contributed by atoms with Gasteiger partial charge in [-0.15, -0.1) is 21.5 Å². The van der Waals surface area contributed by atoms with Crippen LogP contribution in [0.4, 0.5) is 5.13 Å². The zero-order valence-electron chi connectivity index (χ0n) is 13.8. The van der Waals surface area contributed by atoms with Crippen molar-refractivity contribution in [3.05, 3.63) is 45.4 Å². The van der Waals surface area contributed by atoms with Gasteiger partial charge >= 0.3 is 0 Å². The number of amides is 1. The number of nitrogens with zero attached hydrogens (tertiary/aromatic N) is 3. The standard InChI is InChI=1S/C17H17ClN4OS2/c1-10(2)7-15-21-22-17(25-15)20-14(23)8-11-9-24-16(19-11)12-5-3-4-6-13(12)18/h3-6,9-10H,7-8H2,1-2H3,(H,20,22,23). The summed E-state index contributed by atoms with van der Waals surface area (Å²) in [4.78, 5) is 16.7. The van der Waals surface area contributed by atoms with Gasteiger partial charge in [-0.1, -0.05) is 55.0 Å². The van der Waals surface area contributed by atoms with E-state index in [1.54, 1.807) is 0 Å². The smallest absolute Gasteiger partial charge is 0.232 e. The van der Waals surface area contributed by atoms with Gasteiger partial charge in [0, 0.05) is 17.4 Å². The molecule has 0 radical (unpaired) electrons. The molecule has 8 heteroatoms. The number of thiazole rings is 1. The molecule has 1 amide bonds. The van der Waals surface area contributed by atoms with Gasteiger partial charge in [-0.3, -0.25) is 4.79 Å². The fourth-order valence-electron chi connectivity index (χ4n) is 2.21. The summed E-state index contributed by atoms with van der Waals surface area (Å²) < 4.78 is 0. The van der Waals surface area contributed by atoms with Gasteiger partial charge in [-0.25, -0.2) is 4.98 Å². The molecule has 1 aromatic carbocycles. The van der Waals surface area contributed by atoms with E-state index in [4.69, 9.17) is 11.6 Å². The SMILES string of the molecule is CC(C)Cc1nnc(NC(=O)Cc2csc(-c3ccccc3Cl)n2)s1. The number of aromatic nitrogens is 3. The van der Waals surface area contributed by atoms with Crippen LogP contribution in [0.15, 0.2) is 29.6 Å². The van der Waals surface area contributed by atoms with Gasteiger partial charge in [0.25, 0.3) is 0 Å². The van der Waals surface area contributed by atoms with Crippen LogP contribution < -0.4 is 5.32 Å². The highest BCUT2D eigenvalue weighted by Gasteiger charge is 2.13. The first-order valence-electron chi connectivity index (χ1n) is 7.83. The molecule has 3 rings (SSSR count). The molecule has 0 bridgehead atoms. The Morgan fingerprint density at radius 2 is 2.08 bits per heavy atom. The molecule has 1 N–H and O–H groups in total. The maximum atomic E-state index is 12.2. The number of hydrogen-bond donors (Lipinski definition) is 1. The summed E-state index contributed by atoms with van der Waals surface area (Å²) in [7, 11) is 0. The van der Waals surface area contributed by atoms with E-state index in [9.17, 15) is 4.79 Å². The van der Waals surface area contributed by atoms with E-state index >= 15 is 0 Å². The molecule has 0 aliphatic heterocycles. The Bertz CT molecular complexity index is 875. The predicted molar refractivity (Wildman–Crippen MR) is 103 cm³/mol. The summed E-state index contributed by atoms with van der Waals surface area (Å²) >= 11 is 9.08. The van der Waals surface area contributed by atoms with Gasteiger partial charge in [0.1, 0.15) is 10.0 Å². The van der Waals surface area contributed by atoms with Gasteiger partial charge in [0.2, 0.25) is 11.0 Å². The van der Waals surface area contributed by atoms with Crippen LogP contribution in [-0.2, 0) is 17.6 Å². The van der Waals surface area contributed by atoms with Gasteiger partial charge in [-0.2, -0.15) is 0 Å². The van der Waals surface area contributed by atoms with Crippen LogP contribution in [-0.4, -0.2) is 21.1 Å². The largest absolute Gasteiger partial charge is 0.300 e. The van der Waals surface area contributed by atoms with Gasteiger partial charge in [-0.05, 0) is 12.0 Å². The Labute approximate surface area is 159 Å². The molecule has 0 saturated heterocycles. The summed E-state index contributed by atoms with van der Waals surface area (Å²) in [5.74, 6) is 0.359. The van der Waals surface area contributed by atoms with Crippen LogP contribution in [0.1, 0.15) is 24.5 Å². The maximum absolute atomic E-state index is 12.2. The molecule has 0 aliphatic carbocycles. The molecule has 2 aromatic heterocycles. The van der Waals surface area contributed by atoms with Crippen molar-refractivity contribution in [2.45, 2.75) is 26.7 Å². The number of halogens is 1. The lowest BCUT2D eigenvalue weighted by Gasteiger charge is -2.00. The van der Waals surface area contributed by atoms with Crippen molar-refractivity contribution in [3.63, 3.8) is 0 Å². The summed E-state index contributed by atoms with van der Waals surface area (Å²) in [6, 6.07) is 7.54. The van der Waals surface area contributed by atoms with Crippen molar-refractivity contribution in [1.29, 1.82) is 0 Å². The number of carbonyl (C=O) groups is 1. The molecule has 0 spiro atoms. The predicted octanol–water partition coefficient (Wildman–Crippen LogP) is 4.69. The van der Waals surface area contributed by atoms with Gasteiger partial charge in [0.05, 0.1) is 17.1 Å². The quantitative estimate of drug-likeness (QED) is 0.660. The van der Waals surface area contributed by atoms with Crippen molar-refractivity contribution in [1.82, 2.24) is 15.2 Å². The Morgan fingerprint density at radius 3 is 2.84 bits per heavy atom. The van der Waals surface area contributed by atoms with Crippen LogP contribution in [0.2, 0.25) is 5.02 Å². The number of nitrogens with one attached hydrogen (secondary N) is 1. The maximum Gasteiger partial charge on any atom is 0.232 e. The summed E-state index contributed by atoms with van der Waals surface area (Å²) in [6.45, 7) is 4.25. The van der Waals surface area contributed by atoms with E-state index in [0.29, 0.717) is 21.8 Å². The third-order valence-corrected chi connectivity index (χ3v) is 5.41. The van der Waals surface area contributed by atoms with Crippen molar-refractivity contribution in [2.24, 2.45) is 5.92 Å². The van der Waals surface area contributed by atoms with E-state index in [1.165, 1.54) is 22.7 Å². The highest BCUT2D eigenvalue weighted by molar-refractivity contribution is 7.15. The molecule has 0 aliphatic rings. The highest BCUT2D eigenvalue weighted by atomic mass is 35.5. The zero-order valence-corrected chi connectivity index (χ0v) is 16.2. The minimum atomic E-state index is -0.150. The fourth-order valence-corrected chi connectivity index (χ4v) is 4.32. The molecular formula is C17H17ClN4OS2. The molecule has 0 fully saturated rings. The lowest BCUT2D eigenvalue weighted by molar-refractivity contribution is -0.115. The lowest BCUT2D eigenvalue weighted by Crippen LogP contribution is -2.14. The number of carbonyl (C=O) groups excluding carboxylic acids is 1. The van der Waals surface area contributed by atoms with Crippen LogP contribution in [0.3, 0.4) is 0 Å². The second-order valence-corrected chi connectivity index (χ2v) is 8.28. The van der Waals surface area contributed by atoms with Crippen LogP contribution in [0.5, 0.6) is 0 Å². The van der Waals surface area contributed by atoms with Crippen LogP contribution in [0, 0.1) is 5.92 Å². The third-order valence-electron chi connectivity index (χ3n) is 3.29. The van der Waals surface area contributed by atoms with E-state index in [2.05, 4.69) is 34.3 Å². The second kappa shape index (κ2) is 8.03. The minimum absolute atomic E-state index is 0.150. The molecule has 0 saturated carbocycles. The monoisotopic (exact) mass is 392 g/mol. The lowest BCUT2D eigenvalue weighted by atomic mass is 10.1. The first kappa shape index (κ1) is 18.0. The topological polar surface area (TPSA) is 67.8 Å². The van der Waals surface area contributed by atoms with Crippen molar-refractivity contribution >= 4 is 45.3 Å². The fraction of sp³-hybridized carbons (Fsp3) is 0.294. The molecule has 25 heavy (non-hydrogen) atoms. The Kier molecular flexibility index (Phi) is 5.78. The number of anilines is 1. The molecule has 0 atom stereocenters. The van der Waals surface area contributed by atoms with Crippen LogP contribution in [0.25, 0.3) is 10.6 Å². The normalized spacial score (nSPS) is 11.0. The number of rotatable bonds is 6. The Morgan fingerprint density at radius 1 is 1.28 bits per heavy atom. The molecule has 5 nitrogen and oxygen atoms in total. The molecule has 3 aromatic rings. The van der Waals surface area contributed by atoms with Crippen LogP contribution >= 0.6 is 34.3 Å². The molecular weight excluding hydrogens is 376 g/mol. The van der Waals surface area contributed by atoms with E-state index < -0.39 is 0 Å². The highest BCUT2D eigenvalue weighted by Crippen LogP contribution is 2.30. The number of benzene rings is 1. The average molecular weight is 393 g/mol.